The number of benzene rings is 1. The first kappa shape index (κ1) is 17.4. The van der Waals surface area contributed by atoms with Gasteiger partial charge in [-0.25, -0.2) is 4.39 Å². The van der Waals surface area contributed by atoms with Crippen molar-refractivity contribution in [2.75, 3.05) is 25.1 Å². The summed E-state index contributed by atoms with van der Waals surface area (Å²) in [6.07, 6.45) is 1.38. The van der Waals surface area contributed by atoms with Crippen molar-refractivity contribution in [3.63, 3.8) is 0 Å². The first-order valence-electron chi connectivity index (χ1n) is 7.23. The average molecular weight is 294 g/mol. The van der Waals surface area contributed by atoms with E-state index in [2.05, 4.69) is 19.2 Å². The number of aliphatic hydroxyl groups excluding tert-OH is 1. The Morgan fingerprint density at radius 2 is 2.19 bits per heavy atom. The number of nitrogens with zero attached hydrogens (tertiary/aromatic N) is 1. The standard InChI is InChI=1S/C16H23FN2O2/c1-12(2)5-4-8-21-11-13(20)10-19-16-7-3-6-15(17)14(16)9-18/h3,6-7,12-13,19-20H,4-5,8,10-11H2,1-2H3. The fourth-order valence-corrected chi connectivity index (χ4v) is 1.88. The Balaban J connectivity index is 2.29. The van der Waals surface area contributed by atoms with Crippen LogP contribution in [0.15, 0.2) is 18.2 Å². The molecule has 0 spiro atoms. The lowest BCUT2D eigenvalue weighted by atomic mass is 10.1. The van der Waals surface area contributed by atoms with E-state index >= 15 is 0 Å². The van der Waals surface area contributed by atoms with Crippen molar-refractivity contribution in [1.82, 2.24) is 0 Å². The lowest BCUT2D eigenvalue weighted by Crippen LogP contribution is -2.25. The molecule has 0 amide bonds. The van der Waals surface area contributed by atoms with Crippen LogP contribution in [-0.2, 0) is 4.74 Å². The normalized spacial score (nSPS) is 12.2. The molecule has 21 heavy (non-hydrogen) atoms. The van der Waals surface area contributed by atoms with Crippen molar-refractivity contribution in [3.8, 4) is 6.07 Å². The Morgan fingerprint density at radius 1 is 1.43 bits per heavy atom. The predicted octanol–water partition coefficient (Wildman–Crippen LogP) is 2.92. The van der Waals surface area contributed by atoms with Gasteiger partial charge >= 0.3 is 0 Å². The molecule has 116 valence electrons. The van der Waals surface area contributed by atoms with Crippen molar-refractivity contribution in [1.29, 1.82) is 5.26 Å². The summed E-state index contributed by atoms with van der Waals surface area (Å²) >= 11 is 0. The Morgan fingerprint density at radius 3 is 2.86 bits per heavy atom. The average Bonchev–Trinajstić information content (AvgIpc) is 2.44. The molecule has 1 aromatic rings. The summed E-state index contributed by atoms with van der Waals surface area (Å²) in [5, 5.41) is 21.6. The Labute approximate surface area is 125 Å². The van der Waals surface area contributed by atoms with E-state index in [9.17, 15) is 9.50 Å². The fraction of sp³-hybridized carbons (Fsp3) is 0.562. The third kappa shape index (κ3) is 6.56. The van der Waals surface area contributed by atoms with E-state index < -0.39 is 11.9 Å². The molecule has 0 bridgehead atoms. The minimum absolute atomic E-state index is 0.0393. The zero-order valence-corrected chi connectivity index (χ0v) is 12.6. The van der Waals surface area contributed by atoms with Gasteiger partial charge in [-0.2, -0.15) is 5.26 Å². The molecule has 1 unspecified atom stereocenters. The highest BCUT2D eigenvalue weighted by atomic mass is 19.1. The van der Waals surface area contributed by atoms with Crippen LogP contribution in [0.5, 0.6) is 0 Å². The van der Waals surface area contributed by atoms with Crippen molar-refractivity contribution in [2.45, 2.75) is 32.8 Å². The summed E-state index contributed by atoms with van der Waals surface area (Å²) in [7, 11) is 0. The molecule has 0 aliphatic rings. The Kier molecular flexibility index (Phi) is 7.73. The van der Waals surface area contributed by atoms with Gasteiger partial charge in [0.1, 0.15) is 17.4 Å². The first-order chi connectivity index (χ1) is 10.0. The van der Waals surface area contributed by atoms with Crippen LogP contribution in [0, 0.1) is 23.1 Å². The van der Waals surface area contributed by atoms with Crippen molar-refractivity contribution < 1.29 is 14.2 Å². The fourth-order valence-electron chi connectivity index (χ4n) is 1.88. The summed E-state index contributed by atoms with van der Waals surface area (Å²) in [5.41, 5.74) is 0.346. The number of nitrogens with one attached hydrogen (secondary N) is 1. The zero-order chi connectivity index (χ0) is 15.7. The molecule has 0 aliphatic heterocycles. The first-order valence-corrected chi connectivity index (χ1v) is 7.23. The SMILES string of the molecule is CC(C)CCCOCC(O)CNc1cccc(F)c1C#N. The molecule has 0 radical (unpaired) electrons. The molecule has 0 aliphatic carbocycles. The van der Waals surface area contributed by atoms with Crippen LogP contribution in [0.4, 0.5) is 10.1 Å². The maximum atomic E-state index is 13.4. The molecule has 0 heterocycles. The highest BCUT2D eigenvalue weighted by Crippen LogP contribution is 2.17. The molecule has 1 atom stereocenters. The molecular formula is C16H23FN2O2. The second-order valence-corrected chi connectivity index (χ2v) is 5.42. The zero-order valence-electron chi connectivity index (χ0n) is 12.6. The van der Waals surface area contributed by atoms with E-state index in [4.69, 9.17) is 10.00 Å². The summed E-state index contributed by atoms with van der Waals surface area (Å²) < 4.78 is 18.8. The van der Waals surface area contributed by atoms with Gasteiger partial charge in [-0.3, -0.25) is 0 Å². The lowest BCUT2D eigenvalue weighted by molar-refractivity contribution is 0.0409. The number of aliphatic hydroxyl groups is 1. The van der Waals surface area contributed by atoms with Gasteiger partial charge in [0, 0.05) is 13.2 Å². The molecule has 2 N–H and O–H groups in total. The molecule has 4 nitrogen and oxygen atoms in total. The number of ether oxygens (including phenoxy) is 1. The van der Waals surface area contributed by atoms with E-state index in [1.807, 2.05) is 6.07 Å². The van der Waals surface area contributed by atoms with Gasteiger partial charge in [0.2, 0.25) is 0 Å². The van der Waals surface area contributed by atoms with Crippen molar-refractivity contribution in [2.24, 2.45) is 5.92 Å². The second-order valence-electron chi connectivity index (χ2n) is 5.42. The number of anilines is 1. The maximum Gasteiger partial charge on any atom is 0.143 e. The minimum atomic E-state index is -0.695. The summed E-state index contributed by atoms with van der Waals surface area (Å²) in [5.74, 6) is 0.0829. The van der Waals surface area contributed by atoms with Gasteiger partial charge in [0.15, 0.2) is 0 Å². The maximum absolute atomic E-state index is 13.4. The molecule has 1 aromatic carbocycles. The number of hydrogen-bond acceptors (Lipinski definition) is 4. The smallest absolute Gasteiger partial charge is 0.143 e. The van der Waals surface area contributed by atoms with Gasteiger partial charge < -0.3 is 15.2 Å². The summed E-state index contributed by atoms with van der Waals surface area (Å²) in [6.45, 7) is 5.37. The van der Waals surface area contributed by atoms with Crippen LogP contribution in [0.1, 0.15) is 32.3 Å². The highest BCUT2D eigenvalue weighted by Gasteiger charge is 2.09. The topological polar surface area (TPSA) is 65.3 Å². The van der Waals surface area contributed by atoms with Gasteiger partial charge in [0.05, 0.1) is 18.4 Å². The highest BCUT2D eigenvalue weighted by molar-refractivity contribution is 5.57. The molecular weight excluding hydrogens is 271 g/mol. The van der Waals surface area contributed by atoms with E-state index in [1.54, 1.807) is 6.07 Å². The van der Waals surface area contributed by atoms with E-state index in [0.29, 0.717) is 18.2 Å². The number of hydrogen-bond donors (Lipinski definition) is 2. The monoisotopic (exact) mass is 294 g/mol. The summed E-state index contributed by atoms with van der Waals surface area (Å²) in [6, 6.07) is 6.17. The van der Waals surface area contributed by atoms with Crippen molar-refractivity contribution in [3.05, 3.63) is 29.6 Å². The van der Waals surface area contributed by atoms with Crippen LogP contribution < -0.4 is 5.32 Å². The van der Waals surface area contributed by atoms with E-state index in [-0.39, 0.29) is 18.7 Å². The van der Waals surface area contributed by atoms with Crippen LogP contribution in [0.25, 0.3) is 0 Å². The third-order valence-corrected chi connectivity index (χ3v) is 3.03. The van der Waals surface area contributed by atoms with Gasteiger partial charge in [-0.05, 0) is 30.9 Å². The number of halogens is 1. The number of nitriles is 1. The summed E-state index contributed by atoms with van der Waals surface area (Å²) in [4.78, 5) is 0. The van der Waals surface area contributed by atoms with Gasteiger partial charge in [-0.15, -0.1) is 0 Å². The van der Waals surface area contributed by atoms with E-state index in [1.165, 1.54) is 12.1 Å². The van der Waals surface area contributed by atoms with Gasteiger partial charge in [0.25, 0.3) is 0 Å². The van der Waals surface area contributed by atoms with E-state index in [0.717, 1.165) is 12.8 Å². The lowest BCUT2D eigenvalue weighted by Gasteiger charge is -2.14. The van der Waals surface area contributed by atoms with Gasteiger partial charge in [-0.1, -0.05) is 19.9 Å². The van der Waals surface area contributed by atoms with Crippen LogP contribution in [-0.4, -0.2) is 31.0 Å². The largest absolute Gasteiger partial charge is 0.389 e. The number of rotatable bonds is 9. The predicted molar refractivity (Wildman–Crippen MR) is 80.5 cm³/mol. The molecule has 0 saturated heterocycles. The Hall–Kier alpha value is -1.64. The molecule has 5 heteroatoms. The van der Waals surface area contributed by atoms with Crippen molar-refractivity contribution >= 4 is 5.69 Å². The van der Waals surface area contributed by atoms with Crippen LogP contribution >= 0.6 is 0 Å². The quantitative estimate of drug-likeness (QED) is 0.687. The minimum Gasteiger partial charge on any atom is -0.389 e. The van der Waals surface area contributed by atoms with Crippen LogP contribution in [0.3, 0.4) is 0 Å². The molecule has 0 fully saturated rings. The molecule has 0 saturated carbocycles. The second kappa shape index (κ2) is 9.32. The molecule has 1 rings (SSSR count). The van der Waals surface area contributed by atoms with Crippen LogP contribution in [0.2, 0.25) is 0 Å². The molecule has 0 aromatic heterocycles. The third-order valence-electron chi connectivity index (χ3n) is 3.03. The Bertz CT molecular complexity index is 472.